The first-order valence-corrected chi connectivity index (χ1v) is 12.7. The molecule has 0 aromatic heterocycles. The molecule has 4 N–H and O–H groups in total. The molecule has 1 aliphatic heterocycles. The van der Waals surface area contributed by atoms with E-state index in [2.05, 4.69) is 0 Å². The Kier molecular flexibility index (Phi) is 8.84. The summed E-state index contributed by atoms with van der Waals surface area (Å²) in [5, 5.41) is 0.255. The maximum absolute atomic E-state index is 14.1. The fourth-order valence-corrected chi connectivity index (χ4v) is 4.50. The predicted molar refractivity (Wildman–Crippen MR) is 142 cm³/mol. The largest absolute Gasteiger partial charge is 0.480 e. The van der Waals surface area contributed by atoms with Crippen molar-refractivity contribution in [2.75, 3.05) is 0 Å². The molecule has 4 atom stereocenters. The van der Waals surface area contributed by atoms with Gasteiger partial charge in [-0.2, -0.15) is 0 Å². The molecule has 0 fully saturated rings. The number of halogens is 1. The molecule has 2 amide bonds. The molecular weight excluding hydrogens is 510 g/mol. The number of carbonyl (C=O) groups is 4. The summed E-state index contributed by atoms with van der Waals surface area (Å²) in [7, 11) is 0. The van der Waals surface area contributed by atoms with E-state index in [0.717, 1.165) is 4.90 Å². The molecule has 0 saturated carbocycles. The Balaban J connectivity index is 2.23. The first-order valence-electron chi connectivity index (χ1n) is 12.3. The Morgan fingerprint density at radius 3 is 2.29 bits per heavy atom. The fraction of sp³-hybridized carbons (Fsp3) is 0.429. The van der Waals surface area contributed by atoms with Gasteiger partial charge in [0.1, 0.15) is 23.4 Å². The van der Waals surface area contributed by atoms with Gasteiger partial charge >= 0.3 is 5.97 Å². The van der Waals surface area contributed by atoms with Crippen LogP contribution >= 0.6 is 11.6 Å². The molecule has 2 aromatic rings. The molecule has 38 heavy (non-hydrogen) atoms. The number of esters is 1. The Labute approximate surface area is 227 Å². The summed E-state index contributed by atoms with van der Waals surface area (Å²) < 4.78 is 11.4. The third kappa shape index (κ3) is 6.52. The highest BCUT2D eigenvalue weighted by atomic mass is 35.5. The van der Waals surface area contributed by atoms with Crippen molar-refractivity contribution in [1.29, 1.82) is 0 Å². The van der Waals surface area contributed by atoms with Crippen LogP contribution < -0.4 is 16.2 Å². The van der Waals surface area contributed by atoms with Crippen LogP contribution in [0.5, 0.6) is 5.75 Å². The molecule has 9 nitrogen and oxygen atoms in total. The van der Waals surface area contributed by atoms with Crippen molar-refractivity contribution in [3.63, 3.8) is 0 Å². The molecule has 0 saturated heterocycles. The third-order valence-electron chi connectivity index (χ3n) is 6.07. The second kappa shape index (κ2) is 11.5. The van der Waals surface area contributed by atoms with E-state index >= 15 is 0 Å². The Morgan fingerprint density at radius 2 is 1.74 bits per heavy atom. The number of hydrogen-bond donors (Lipinski definition) is 2. The van der Waals surface area contributed by atoms with E-state index in [1.54, 1.807) is 71.0 Å². The van der Waals surface area contributed by atoms with Crippen molar-refractivity contribution in [3.8, 4) is 5.75 Å². The van der Waals surface area contributed by atoms with E-state index < -0.39 is 53.4 Å². The SMILES string of the molecule is CC(C)C1Oc2ccc(Cl)cc2C(C(=O)C(N)C(=O)OC(C)(C)C)N(C(Cc2ccccc2)C(N)=O)C1=O. The van der Waals surface area contributed by atoms with Gasteiger partial charge in [0, 0.05) is 17.0 Å². The van der Waals surface area contributed by atoms with E-state index in [1.165, 1.54) is 6.07 Å². The highest BCUT2D eigenvalue weighted by Gasteiger charge is 2.48. The lowest BCUT2D eigenvalue weighted by Crippen LogP contribution is -2.58. The molecule has 204 valence electrons. The van der Waals surface area contributed by atoms with Gasteiger partial charge in [0.15, 0.2) is 17.9 Å². The van der Waals surface area contributed by atoms with Gasteiger partial charge in [-0.05, 0) is 50.5 Å². The first kappa shape index (κ1) is 29.1. The van der Waals surface area contributed by atoms with Crippen LogP contribution in [0.25, 0.3) is 0 Å². The fourth-order valence-electron chi connectivity index (χ4n) is 4.32. The number of primary amides is 1. The highest BCUT2D eigenvalue weighted by Crippen LogP contribution is 2.40. The van der Waals surface area contributed by atoms with Gasteiger partial charge in [-0.15, -0.1) is 0 Å². The number of rotatable bonds is 8. The Bertz CT molecular complexity index is 1210. The lowest BCUT2D eigenvalue weighted by atomic mass is 9.92. The molecule has 0 spiro atoms. The van der Waals surface area contributed by atoms with Gasteiger partial charge in [-0.1, -0.05) is 55.8 Å². The molecule has 0 radical (unpaired) electrons. The van der Waals surface area contributed by atoms with Crippen LogP contribution in [-0.4, -0.2) is 52.3 Å². The Hall–Kier alpha value is -3.43. The van der Waals surface area contributed by atoms with Crippen molar-refractivity contribution in [2.45, 2.75) is 70.9 Å². The lowest BCUT2D eigenvalue weighted by Gasteiger charge is -2.37. The molecule has 0 bridgehead atoms. The van der Waals surface area contributed by atoms with Crippen molar-refractivity contribution in [1.82, 2.24) is 4.90 Å². The van der Waals surface area contributed by atoms with Crippen molar-refractivity contribution < 1.29 is 28.7 Å². The van der Waals surface area contributed by atoms with Crippen LogP contribution in [0.15, 0.2) is 48.5 Å². The smallest absolute Gasteiger partial charge is 0.331 e. The number of fused-ring (bicyclic) bond motifs is 1. The highest BCUT2D eigenvalue weighted by molar-refractivity contribution is 6.30. The summed E-state index contributed by atoms with van der Waals surface area (Å²) in [5.41, 5.74) is 12.0. The number of hydrogen-bond acceptors (Lipinski definition) is 7. The summed E-state index contributed by atoms with van der Waals surface area (Å²) in [6.45, 7) is 8.48. The minimum atomic E-state index is -1.76. The lowest BCUT2D eigenvalue weighted by molar-refractivity contribution is -0.161. The maximum Gasteiger partial charge on any atom is 0.331 e. The van der Waals surface area contributed by atoms with E-state index in [1.807, 2.05) is 6.07 Å². The number of amides is 2. The number of ketones is 1. The molecular formula is C28H34ClN3O6. The van der Waals surface area contributed by atoms with Gasteiger partial charge in [-0.3, -0.25) is 14.4 Å². The minimum Gasteiger partial charge on any atom is -0.480 e. The second-order valence-electron chi connectivity index (χ2n) is 10.6. The number of benzene rings is 2. The van der Waals surface area contributed by atoms with Crippen molar-refractivity contribution >= 4 is 35.2 Å². The van der Waals surface area contributed by atoms with Gasteiger partial charge < -0.3 is 25.8 Å². The van der Waals surface area contributed by atoms with Crippen LogP contribution in [0.2, 0.25) is 5.02 Å². The number of carbonyl (C=O) groups excluding carboxylic acids is 4. The van der Waals surface area contributed by atoms with E-state index in [4.69, 9.17) is 32.5 Å². The summed E-state index contributed by atoms with van der Waals surface area (Å²) in [6.07, 6.45) is -1.03. The number of nitrogens with two attached hydrogens (primary N) is 2. The molecule has 1 heterocycles. The van der Waals surface area contributed by atoms with Gasteiger partial charge in [0.25, 0.3) is 5.91 Å². The molecule has 1 aliphatic rings. The van der Waals surface area contributed by atoms with Gasteiger partial charge in [-0.25, -0.2) is 4.79 Å². The number of Topliss-reactive ketones (excluding diaryl/α,β-unsaturated/α-hetero) is 1. The quantitative estimate of drug-likeness (QED) is 0.385. The standard InChI is InChI=1S/C28H34ClN3O6/c1-15(2)24-26(35)32(19(25(31)34)13-16-9-7-6-8-10-16)22(18-14-17(29)11-12-20(18)37-24)23(33)21(30)27(36)38-28(3,4)5/h6-12,14-15,19,21-22,24H,13,30H2,1-5H3,(H2,31,34). The van der Waals surface area contributed by atoms with Crippen LogP contribution in [-0.2, 0) is 30.3 Å². The zero-order chi connectivity index (χ0) is 28.4. The maximum atomic E-state index is 14.1. The number of nitrogens with zero attached hydrogens (tertiary/aromatic N) is 1. The Morgan fingerprint density at radius 1 is 1.11 bits per heavy atom. The average molecular weight is 544 g/mol. The topological polar surface area (TPSA) is 142 Å². The monoisotopic (exact) mass is 543 g/mol. The van der Waals surface area contributed by atoms with Crippen LogP contribution in [0.1, 0.15) is 51.8 Å². The van der Waals surface area contributed by atoms with E-state index in [-0.39, 0.29) is 28.7 Å². The average Bonchev–Trinajstić information content (AvgIpc) is 2.95. The first-order chi connectivity index (χ1) is 17.7. The molecule has 3 rings (SSSR count). The summed E-state index contributed by atoms with van der Waals surface area (Å²) in [6, 6.07) is 8.98. The zero-order valence-corrected chi connectivity index (χ0v) is 22.9. The zero-order valence-electron chi connectivity index (χ0n) is 22.1. The number of ether oxygens (including phenoxy) is 2. The van der Waals surface area contributed by atoms with Crippen LogP contribution in [0.4, 0.5) is 0 Å². The molecule has 0 aliphatic carbocycles. The van der Waals surface area contributed by atoms with Crippen molar-refractivity contribution in [3.05, 3.63) is 64.7 Å². The third-order valence-corrected chi connectivity index (χ3v) is 6.31. The van der Waals surface area contributed by atoms with Crippen molar-refractivity contribution in [2.24, 2.45) is 17.4 Å². The van der Waals surface area contributed by atoms with Crippen LogP contribution in [0.3, 0.4) is 0 Å². The molecule has 2 aromatic carbocycles. The van der Waals surface area contributed by atoms with E-state index in [0.29, 0.717) is 5.56 Å². The molecule has 10 heteroatoms. The molecule has 4 unspecified atom stereocenters. The van der Waals surface area contributed by atoms with Gasteiger partial charge in [0.05, 0.1) is 0 Å². The normalized spacial score (nSPS) is 19.2. The predicted octanol–water partition coefficient (Wildman–Crippen LogP) is 2.96. The summed E-state index contributed by atoms with van der Waals surface area (Å²) in [4.78, 5) is 54.9. The minimum absolute atomic E-state index is 0.0219. The van der Waals surface area contributed by atoms with E-state index in [9.17, 15) is 19.2 Å². The summed E-state index contributed by atoms with van der Waals surface area (Å²) in [5.74, 6) is -3.43. The van der Waals surface area contributed by atoms with Gasteiger partial charge in [0.2, 0.25) is 5.91 Å². The van der Waals surface area contributed by atoms with Crippen LogP contribution in [0, 0.1) is 5.92 Å². The second-order valence-corrected chi connectivity index (χ2v) is 11.1. The summed E-state index contributed by atoms with van der Waals surface area (Å²) >= 11 is 6.30.